The van der Waals surface area contributed by atoms with E-state index in [-0.39, 0.29) is 94.0 Å². The van der Waals surface area contributed by atoms with E-state index in [4.69, 9.17) is 5.73 Å². The zero-order valence-corrected chi connectivity index (χ0v) is 38.7. The van der Waals surface area contributed by atoms with Gasteiger partial charge in [0, 0.05) is 87.4 Å². The Morgan fingerprint density at radius 3 is 2.26 bits per heavy atom. The van der Waals surface area contributed by atoms with Gasteiger partial charge >= 0.3 is 0 Å². The van der Waals surface area contributed by atoms with Gasteiger partial charge in [-0.3, -0.25) is 33.8 Å². The fourth-order valence-electron chi connectivity index (χ4n) is 7.83. The van der Waals surface area contributed by atoms with E-state index >= 15 is 0 Å². The molecule has 0 atom stereocenters. The van der Waals surface area contributed by atoms with Crippen LogP contribution in [-0.2, 0) is 48.2 Å². The molecule has 0 saturated heterocycles. The zero-order chi connectivity index (χ0) is 46.4. The van der Waals surface area contributed by atoms with Gasteiger partial charge in [-0.1, -0.05) is 61.5 Å². The predicted molar refractivity (Wildman–Crippen MR) is 257 cm³/mol. The highest BCUT2D eigenvalue weighted by atomic mass is 32.2. The van der Waals surface area contributed by atoms with Gasteiger partial charge in [0.2, 0.25) is 29.5 Å². The smallest absolute Gasteiger partial charge is 0.242 e. The third kappa shape index (κ3) is 16.0. The molecule has 0 fully saturated rings. The second-order valence-electron chi connectivity index (χ2n) is 16.2. The lowest BCUT2D eigenvalue weighted by Gasteiger charge is -2.28. The van der Waals surface area contributed by atoms with Gasteiger partial charge in [0.15, 0.2) is 5.78 Å². The number of para-hydroxylation sites is 1. The molecule has 1 aliphatic rings. The topological polar surface area (TPSA) is 194 Å². The fraction of sp³-hybridized carbons (Fsp3) is 0.449. The lowest BCUT2D eigenvalue weighted by Crippen LogP contribution is -2.48. The zero-order valence-electron chi connectivity index (χ0n) is 37.9. The molecule has 5 rings (SSSR count). The number of aromatic amines is 1. The number of thioether (sulfide) groups is 1. The molecule has 65 heavy (non-hydrogen) atoms. The van der Waals surface area contributed by atoms with Crippen LogP contribution >= 0.6 is 11.8 Å². The highest BCUT2D eigenvalue weighted by molar-refractivity contribution is 7.98. The van der Waals surface area contributed by atoms with Crippen molar-refractivity contribution in [3.05, 3.63) is 108 Å². The van der Waals surface area contributed by atoms with Crippen molar-refractivity contribution < 1.29 is 28.8 Å². The molecule has 2 aromatic carbocycles. The summed E-state index contributed by atoms with van der Waals surface area (Å²) in [5.74, 6) is -1.22. The Morgan fingerprint density at radius 2 is 1.51 bits per heavy atom. The third-order valence-electron chi connectivity index (χ3n) is 11.4. The van der Waals surface area contributed by atoms with Crippen LogP contribution in [0.1, 0.15) is 61.3 Å². The number of fused-ring (bicyclic) bond motifs is 2. The minimum Gasteiger partial charge on any atom is -0.361 e. The Kier molecular flexibility index (Phi) is 20.7. The monoisotopic (exact) mass is 907 g/mol. The van der Waals surface area contributed by atoms with Crippen LogP contribution < -0.4 is 16.4 Å². The number of pyridine rings is 1. The van der Waals surface area contributed by atoms with Gasteiger partial charge in [-0.15, -0.1) is 0 Å². The number of ketones is 1. The molecule has 5 N–H and O–H groups in total. The SMILES string of the molecule is CCCN(CC(=O)NCCSC)C(=O)CN(CCc1c[nH]c2ccccc12)C(=O)CCC(=O)CN(CCCN)C(=O)CN(CCC1=CCc2ccccc21)C(=O)CNCc1cccnc1. The van der Waals surface area contributed by atoms with Crippen molar-refractivity contribution >= 4 is 63.6 Å². The number of benzene rings is 2. The summed E-state index contributed by atoms with van der Waals surface area (Å²) in [4.78, 5) is 95.3. The van der Waals surface area contributed by atoms with Crippen LogP contribution in [0.15, 0.2) is 85.3 Å². The lowest BCUT2D eigenvalue weighted by molar-refractivity contribution is -0.143. The summed E-state index contributed by atoms with van der Waals surface area (Å²) in [7, 11) is 0. The molecule has 0 unspecified atom stereocenters. The number of hydrogen-bond acceptors (Lipinski definition) is 10. The number of rotatable bonds is 29. The van der Waals surface area contributed by atoms with Crippen molar-refractivity contribution in [3.63, 3.8) is 0 Å². The van der Waals surface area contributed by atoms with E-state index in [2.05, 4.69) is 38.8 Å². The number of carbonyl (C=O) groups excluding carboxylic acids is 6. The number of amides is 5. The predicted octanol–water partition coefficient (Wildman–Crippen LogP) is 3.83. The van der Waals surface area contributed by atoms with Crippen molar-refractivity contribution in [3.8, 4) is 0 Å². The Hall–Kier alpha value is -5.84. The molecule has 16 heteroatoms. The first-order valence-electron chi connectivity index (χ1n) is 22.6. The minimum atomic E-state index is -0.390. The molecular weight excluding hydrogens is 843 g/mol. The maximum Gasteiger partial charge on any atom is 0.242 e. The third-order valence-corrected chi connectivity index (χ3v) is 12.0. The number of aromatic nitrogens is 2. The average Bonchev–Trinajstić information content (AvgIpc) is 3.93. The number of nitrogens with zero attached hydrogens (tertiary/aromatic N) is 5. The molecule has 0 radical (unpaired) electrons. The van der Waals surface area contributed by atoms with Crippen molar-refractivity contribution in [1.29, 1.82) is 0 Å². The first-order valence-corrected chi connectivity index (χ1v) is 24.0. The van der Waals surface area contributed by atoms with E-state index in [0.29, 0.717) is 58.4 Å². The first kappa shape index (κ1) is 50.2. The van der Waals surface area contributed by atoms with Gasteiger partial charge < -0.3 is 41.0 Å². The van der Waals surface area contributed by atoms with E-state index in [9.17, 15) is 28.8 Å². The van der Waals surface area contributed by atoms with Gasteiger partial charge in [0.25, 0.3) is 0 Å². The number of carbonyl (C=O) groups is 6. The number of Topliss-reactive ketones (excluding diaryl/α,β-unsaturated/α-hetero) is 1. The van der Waals surface area contributed by atoms with Crippen molar-refractivity contribution in [2.24, 2.45) is 5.73 Å². The number of allylic oxidation sites excluding steroid dienone is 1. The molecule has 0 aliphatic heterocycles. The van der Waals surface area contributed by atoms with Crippen molar-refractivity contribution in [2.75, 3.05) is 84.0 Å². The summed E-state index contributed by atoms with van der Waals surface area (Å²) in [6.45, 7) is 3.35. The molecule has 0 bridgehead atoms. The summed E-state index contributed by atoms with van der Waals surface area (Å²) in [6, 6.07) is 19.8. The largest absolute Gasteiger partial charge is 0.361 e. The van der Waals surface area contributed by atoms with Gasteiger partial charge in [-0.2, -0.15) is 11.8 Å². The lowest BCUT2D eigenvalue weighted by atomic mass is 10.0. The quantitative estimate of drug-likeness (QED) is 0.0583. The van der Waals surface area contributed by atoms with Crippen LogP contribution in [0.5, 0.6) is 0 Å². The van der Waals surface area contributed by atoms with E-state index in [1.807, 2.05) is 67.9 Å². The van der Waals surface area contributed by atoms with Crippen LogP contribution in [0.25, 0.3) is 16.5 Å². The summed E-state index contributed by atoms with van der Waals surface area (Å²) in [6.07, 6.45) is 12.0. The molecule has 15 nitrogen and oxygen atoms in total. The van der Waals surface area contributed by atoms with E-state index in [0.717, 1.165) is 45.3 Å². The van der Waals surface area contributed by atoms with Crippen LogP contribution in [0.2, 0.25) is 0 Å². The van der Waals surface area contributed by atoms with Gasteiger partial charge in [-0.25, -0.2) is 0 Å². The Labute approximate surface area is 386 Å². The second kappa shape index (κ2) is 26.8. The van der Waals surface area contributed by atoms with Crippen LogP contribution in [0, 0.1) is 0 Å². The molecule has 2 heterocycles. The first-order chi connectivity index (χ1) is 31.6. The maximum absolute atomic E-state index is 14.1. The van der Waals surface area contributed by atoms with Crippen LogP contribution in [0.4, 0.5) is 0 Å². The van der Waals surface area contributed by atoms with E-state index in [1.165, 1.54) is 20.3 Å². The van der Waals surface area contributed by atoms with Crippen LogP contribution in [-0.4, -0.2) is 149 Å². The number of nitrogens with two attached hydrogens (primary N) is 1. The molecule has 0 spiro atoms. The second-order valence-corrected chi connectivity index (χ2v) is 17.2. The molecule has 0 saturated carbocycles. The van der Waals surface area contributed by atoms with E-state index in [1.54, 1.807) is 29.1 Å². The van der Waals surface area contributed by atoms with Gasteiger partial charge in [-0.05, 0) is 84.9 Å². The Morgan fingerprint density at radius 1 is 0.785 bits per heavy atom. The summed E-state index contributed by atoms with van der Waals surface area (Å²) in [5.41, 5.74) is 12.2. The van der Waals surface area contributed by atoms with E-state index < -0.39 is 0 Å². The summed E-state index contributed by atoms with van der Waals surface area (Å²) < 4.78 is 0. The normalized spacial score (nSPS) is 11.8. The average molecular weight is 908 g/mol. The number of H-pyrrole nitrogens is 1. The van der Waals surface area contributed by atoms with Crippen molar-refractivity contribution in [2.45, 2.75) is 58.4 Å². The molecule has 348 valence electrons. The van der Waals surface area contributed by atoms with Gasteiger partial charge in [0.05, 0.1) is 32.7 Å². The molecule has 1 aliphatic carbocycles. The highest BCUT2D eigenvalue weighted by Crippen LogP contribution is 2.29. The Balaban J connectivity index is 1.24. The van der Waals surface area contributed by atoms with Crippen molar-refractivity contribution in [1.82, 2.24) is 40.2 Å². The molecule has 4 aromatic rings. The fourth-order valence-corrected chi connectivity index (χ4v) is 8.14. The maximum atomic E-state index is 14.1. The number of nitrogens with one attached hydrogen (secondary N) is 3. The highest BCUT2D eigenvalue weighted by Gasteiger charge is 2.26. The van der Waals surface area contributed by atoms with Crippen LogP contribution in [0.3, 0.4) is 0 Å². The minimum absolute atomic E-state index is 0.00254. The number of hydrogen-bond donors (Lipinski definition) is 4. The standard InChI is InChI=1S/C49H65N9O6S/c1-3-24-55(34-45(60)53-23-28-65-2)48(63)35-57(27-20-40-31-54-44-14-7-6-13-43(40)44)46(61)18-17-41(59)33-56(25-9-21-50)49(64)36-58(47(62)32-52-30-37-10-8-22-51-29-37)26-19-39-16-15-38-11-4-5-12-42(38)39/h4-8,10-14,16,22,29,31,52,54H,3,9,15,17-21,23-28,30,32-36,50H2,1-2H3,(H,53,60). The molecule has 2 aromatic heterocycles. The molecule has 5 amide bonds. The molecular formula is C49H65N9O6S. The summed E-state index contributed by atoms with van der Waals surface area (Å²) in [5, 5.41) is 7.04. The summed E-state index contributed by atoms with van der Waals surface area (Å²) >= 11 is 1.61. The Bertz CT molecular complexity index is 2230. The van der Waals surface area contributed by atoms with Gasteiger partial charge in [0.1, 0.15) is 0 Å².